The van der Waals surface area contributed by atoms with Crippen molar-refractivity contribution in [2.24, 2.45) is 0 Å². The Morgan fingerprint density at radius 2 is 1.95 bits per heavy atom. The molecule has 0 radical (unpaired) electrons. The number of pyridine rings is 1. The van der Waals surface area contributed by atoms with Crippen LogP contribution in [0.25, 0.3) is 33.5 Å². The fourth-order valence-corrected chi connectivity index (χ4v) is 4.74. The number of H-pyrrole nitrogens is 1. The van der Waals surface area contributed by atoms with Gasteiger partial charge in [-0.3, -0.25) is 4.98 Å². The van der Waals surface area contributed by atoms with Crippen LogP contribution in [0.15, 0.2) is 60.7 Å². The van der Waals surface area contributed by atoms with Crippen LogP contribution in [0.1, 0.15) is 36.7 Å². The van der Waals surface area contributed by atoms with E-state index in [1.165, 1.54) is 6.07 Å². The largest absolute Gasteiger partial charge is 0.356 e. The van der Waals surface area contributed by atoms with E-state index in [0.717, 1.165) is 25.0 Å². The maximum Gasteiger partial charge on any atom is 0.240 e. The molecule has 2 aromatic carbocycles. The molecule has 37 heavy (non-hydrogen) atoms. The molecule has 0 aliphatic carbocycles. The van der Waals surface area contributed by atoms with E-state index in [9.17, 15) is 4.39 Å². The molecule has 5 aromatic rings. The first-order chi connectivity index (χ1) is 18.1. The molecule has 1 saturated heterocycles. The van der Waals surface area contributed by atoms with Crippen molar-refractivity contribution < 1.29 is 13.5 Å². The molecule has 188 valence electrons. The molecule has 6 rings (SSSR count). The third-order valence-electron chi connectivity index (χ3n) is 6.62. The standard InChI is InChI=1S/C28H26F2N6O/c1-17-7-6-10-22(32-17)26-25(33-28(34-26)31-16-19-8-2-3-9-21(19)29)18-12-13-23-20(15-18)27(30)35-36(23)24-11-4-5-14-37-24/h2-3,6-10,12-13,15,24H,4-5,11,14,16H2,1H3,(H2,31,33,34). The Balaban J connectivity index is 1.40. The van der Waals surface area contributed by atoms with Gasteiger partial charge < -0.3 is 15.0 Å². The summed E-state index contributed by atoms with van der Waals surface area (Å²) in [6, 6.07) is 17.8. The van der Waals surface area contributed by atoms with Gasteiger partial charge in [0.05, 0.1) is 28.0 Å². The van der Waals surface area contributed by atoms with Crippen molar-refractivity contribution in [2.45, 2.75) is 39.0 Å². The number of ether oxygens (including phenoxy) is 1. The minimum Gasteiger partial charge on any atom is -0.356 e. The molecule has 0 amide bonds. The molecule has 1 unspecified atom stereocenters. The van der Waals surface area contributed by atoms with E-state index in [4.69, 9.17) is 9.72 Å². The molecule has 0 saturated carbocycles. The Kier molecular flexibility index (Phi) is 6.13. The number of halogens is 2. The minimum atomic E-state index is -0.547. The van der Waals surface area contributed by atoms with E-state index in [1.54, 1.807) is 28.9 Å². The predicted octanol–water partition coefficient (Wildman–Crippen LogP) is 6.39. The summed E-state index contributed by atoms with van der Waals surface area (Å²) in [5.74, 6) is -0.375. The smallest absolute Gasteiger partial charge is 0.240 e. The highest BCUT2D eigenvalue weighted by Crippen LogP contribution is 2.35. The number of aryl methyl sites for hydroxylation is 1. The second-order valence-corrected chi connectivity index (χ2v) is 9.21. The highest BCUT2D eigenvalue weighted by molar-refractivity contribution is 5.88. The molecule has 7 nitrogen and oxygen atoms in total. The normalized spacial score (nSPS) is 15.8. The van der Waals surface area contributed by atoms with Crippen LogP contribution >= 0.6 is 0 Å². The van der Waals surface area contributed by atoms with Crippen molar-refractivity contribution in [3.8, 4) is 22.6 Å². The number of aromatic nitrogens is 5. The number of nitrogens with one attached hydrogen (secondary N) is 2. The monoisotopic (exact) mass is 500 g/mol. The van der Waals surface area contributed by atoms with E-state index < -0.39 is 5.95 Å². The third kappa shape index (κ3) is 4.58. The van der Waals surface area contributed by atoms with Crippen LogP contribution in [-0.2, 0) is 11.3 Å². The number of benzene rings is 2. The Morgan fingerprint density at radius 3 is 2.76 bits per heavy atom. The van der Waals surface area contributed by atoms with Gasteiger partial charge in [0.1, 0.15) is 5.82 Å². The number of hydrogen-bond donors (Lipinski definition) is 2. The maximum absolute atomic E-state index is 15.0. The molecule has 1 aliphatic heterocycles. The van der Waals surface area contributed by atoms with E-state index in [2.05, 4.69) is 20.4 Å². The molecule has 4 heterocycles. The lowest BCUT2D eigenvalue weighted by Crippen LogP contribution is -2.19. The Labute approximate surface area is 212 Å². The first-order valence-electron chi connectivity index (χ1n) is 12.4. The van der Waals surface area contributed by atoms with Crippen molar-refractivity contribution in [1.29, 1.82) is 0 Å². The Hall–Kier alpha value is -4.11. The quantitative estimate of drug-likeness (QED) is 0.283. The summed E-state index contributed by atoms with van der Waals surface area (Å²) in [6.45, 7) is 2.82. The van der Waals surface area contributed by atoms with Crippen molar-refractivity contribution in [2.75, 3.05) is 11.9 Å². The molecule has 1 aliphatic rings. The van der Waals surface area contributed by atoms with Crippen molar-refractivity contribution in [3.63, 3.8) is 0 Å². The molecule has 2 N–H and O–H groups in total. The first-order valence-corrected chi connectivity index (χ1v) is 12.4. The van der Waals surface area contributed by atoms with Gasteiger partial charge in [-0.1, -0.05) is 30.3 Å². The summed E-state index contributed by atoms with van der Waals surface area (Å²) in [5.41, 5.74) is 4.76. The fraction of sp³-hybridized carbons (Fsp3) is 0.250. The summed E-state index contributed by atoms with van der Waals surface area (Å²) in [4.78, 5) is 12.7. The van der Waals surface area contributed by atoms with Crippen LogP contribution in [0.3, 0.4) is 0 Å². The van der Waals surface area contributed by atoms with Gasteiger partial charge in [0.2, 0.25) is 11.9 Å². The second kappa shape index (κ2) is 9.74. The zero-order valence-corrected chi connectivity index (χ0v) is 20.3. The summed E-state index contributed by atoms with van der Waals surface area (Å²) in [6.07, 6.45) is 2.56. The number of aromatic amines is 1. The number of imidazole rings is 1. The van der Waals surface area contributed by atoms with Crippen molar-refractivity contribution in [1.82, 2.24) is 24.7 Å². The lowest BCUT2D eigenvalue weighted by Gasteiger charge is -2.23. The SMILES string of the molecule is Cc1cccc(-c2[nH]c(NCc3ccccc3F)nc2-c2ccc3c(c2)c(F)nn3C2CCCCO2)n1. The van der Waals surface area contributed by atoms with Crippen molar-refractivity contribution >= 4 is 16.9 Å². The number of fused-ring (bicyclic) bond motifs is 1. The van der Waals surface area contributed by atoms with E-state index in [1.807, 2.05) is 37.3 Å². The number of nitrogens with zero attached hydrogens (tertiary/aromatic N) is 4. The molecule has 3 aromatic heterocycles. The van der Waals surface area contributed by atoms with Crippen LogP contribution in [-0.4, -0.2) is 31.3 Å². The number of hydrogen-bond acceptors (Lipinski definition) is 5. The molecule has 0 bridgehead atoms. The summed E-state index contributed by atoms with van der Waals surface area (Å²) in [7, 11) is 0. The second-order valence-electron chi connectivity index (χ2n) is 9.21. The molecule has 0 spiro atoms. The van der Waals surface area contributed by atoms with E-state index >= 15 is 4.39 Å². The highest BCUT2D eigenvalue weighted by atomic mass is 19.1. The van der Waals surface area contributed by atoms with Crippen molar-refractivity contribution in [3.05, 3.63) is 83.7 Å². The zero-order valence-electron chi connectivity index (χ0n) is 20.3. The summed E-state index contributed by atoms with van der Waals surface area (Å²) in [5, 5.41) is 7.73. The van der Waals surface area contributed by atoms with Gasteiger partial charge in [0, 0.05) is 30.0 Å². The van der Waals surface area contributed by atoms with Gasteiger partial charge in [0.25, 0.3) is 0 Å². The van der Waals surface area contributed by atoms with Crippen LogP contribution in [0.5, 0.6) is 0 Å². The minimum absolute atomic E-state index is 0.252. The fourth-order valence-electron chi connectivity index (χ4n) is 4.74. The van der Waals surface area contributed by atoms with Gasteiger partial charge in [-0.15, -0.1) is 5.10 Å². The summed E-state index contributed by atoms with van der Waals surface area (Å²) >= 11 is 0. The zero-order chi connectivity index (χ0) is 25.4. The topological polar surface area (TPSA) is 80.7 Å². The average Bonchev–Trinajstić information content (AvgIpc) is 3.50. The molecular weight excluding hydrogens is 474 g/mol. The summed E-state index contributed by atoms with van der Waals surface area (Å²) < 4.78 is 36.6. The molecule has 1 atom stereocenters. The van der Waals surface area contributed by atoms with Crippen LogP contribution in [0.2, 0.25) is 0 Å². The lowest BCUT2D eigenvalue weighted by atomic mass is 10.1. The van der Waals surface area contributed by atoms with Crippen LogP contribution < -0.4 is 5.32 Å². The van der Waals surface area contributed by atoms with Gasteiger partial charge in [-0.2, -0.15) is 4.39 Å². The van der Waals surface area contributed by atoms with Gasteiger partial charge >= 0.3 is 0 Å². The molecular formula is C28H26F2N6O. The van der Waals surface area contributed by atoms with E-state index in [-0.39, 0.29) is 18.6 Å². The first kappa shape index (κ1) is 23.3. The average molecular weight is 501 g/mol. The van der Waals surface area contributed by atoms with Gasteiger partial charge in [-0.25, -0.2) is 14.1 Å². The Bertz CT molecular complexity index is 1570. The van der Waals surface area contributed by atoms with Gasteiger partial charge in [0.15, 0.2) is 6.23 Å². The highest BCUT2D eigenvalue weighted by Gasteiger charge is 2.23. The van der Waals surface area contributed by atoms with Crippen LogP contribution in [0.4, 0.5) is 14.7 Å². The molecule has 9 heteroatoms. The Morgan fingerprint density at radius 1 is 1.05 bits per heavy atom. The van der Waals surface area contributed by atoms with Crippen LogP contribution in [0, 0.1) is 18.7 Å². The lowest BCUT2D eigenvalue weighted by molar-refractivity contribution is -0.0375. The number of anilines is 1. The van der Waals surface area contributed by atoms with E-state index in [0.29, 0.717) is 51.7 Å². The molecule has 1 fully saturated rings. The third-order valence-corrected chi connectivity index (χ3v) is 6.62. The predicted molar refractivity (Wildman–Crippen MR) is 138 cm³/mol. The number of rotatable bonds is 6. The van der Waals surface area contributed by atoms with Gasteiger partial charge in [-0.05, 0) is 56.5 Å². The maximum atomic E-state index is 15.0.